The molecule has 1 heterocycles. The normalized spacial score (nSPS) is 25.7. The van der Waals surface area contributed by atoms with Crippen LogP contribution in [0.4, 0.5) is 0 Å². The molecule has 4 nitrogen and oxygen atoms in total. The van der Waals surface area contributed by atoms with Crippen LogP contribution in [0.25, 0.3) is 0 Å². The number of hydrogen-bond donors (Lipinski definition) is 2. The molecule has 1 saturated heterocycles. The molecule has 0 bridgehead atoms. The fourth-order valence-electron chi connectivity index (χ4n) is 1.79. The molecule has 1 fully saturated rings. The van der Waals surface area contributed by atoms with Crippen molar-refractivity contribution >= 4 is 5.91 Å². The number of rotatable bonds is 4. The standard InChI is InChI=1S/C10H15NO3.Y/c1-3-11-8(2)6-10(7-13,4-5-12)9(11)14;/h2,12-13H,1,3-7H2;/q-2;. The molecular weight excluding hydrogens is 271 g/mol. The van der Waals surface area contributed by atoms with E-state index in [-0.39, 0.29) is 64.8 Å². The van der Waals surface area contributed by atoms with E-state index in [1.165, 1.54) is 4.90 Å². The van der Waals surface area contributed by atoms with Gasteiger partial charge in [-0.25, -0.2) is 0 Å². The van der Waals surface area contributed by atoms with Crippen molar-refractivity contribution in [3.63, 3.8) is 0 Å². The molecule has 0 spiro atoms. The maximum Gasteiger partial charge on any atom is 0.230 e. The van der Waals surface area contributed by atoms with Crippen molar-refractivity contribution in [1.82, 2.24) is 4.90 Å². The van der Waals surface area contributed by atoms with Crippen molar-refractivity contribution in [2.75, 3.05) is 19.8 Å². The number of amides is 1. The Hall–Kier alpha value is 0.234. The summed E-state index contributed by atoms with van der Waals surface area (Å²) < 4.78 is 0. The number of nitrogens with zero attached hydrogens (tertiary/aromatic N) is 1. The molecule has 1 unspecified atom stereocenters. The molecule has 0 aromatic heterocycles. The quantitative estimate of drug-likeness (QED) is 0.699. The zero-order chi connectivity index (χ0) is 10.8. The first-order chi connectivity index (χ1) is 6.61. The van der Waals surface area contributed by atoms with Crippen LogP contribution in [-0.2, 0) is 37.5 Å². The van der Waals surface area contributed by atoms with Gasteiger partial charge in [0.05, 0.1) is 12.0 Å². The minimum atomic E-state index is -0.920. The van der Waals surface area contributed by atoms with Gasteiger partial charge in [-0.1, -0.05) is 0 Å². The van der Waals surface area contributed by atoms with E-state index in [0.717, 1.165) is 0 Å². The van der Waals surface area contributed by atoms with Crippen LogP contribution in [0.2, 0.25) is 0 Å². The molecule has 1 rings (SSSR count). The molecule has 1 radical (unpaired) electrons. The molecule has 1 amide bonds. The Kier molecular flexibility index (Phi) is 6.18. The van der Waals surface area contributed by atoms with Crippen molar-refractivity contribution in [2.24, 2.45) is 5.41 Å². The van der Waals surface area contributed by atoms with Crippen LogP contribution >= 0.6 is 0 Å². The largest absolute Gasteiger partial charge is 0.493 e. The minimum absolute atomic E-state index is 0. The number of aliphatic hydroxyl groups is 2. The van der Waals surface area contributed by atoms with Crippen molar-refractivity contribution in [3.8, 4) is 0 Å². The van der Waals surface area contributed by atoms with Gasteiger partial charge in [0.1, 0.15) is 0 Å². The van der Waals surface area contributed by atoms with Crippen LogP contribution in [0.1, 0.15) is 12.8 Å². The van der Waals surface area contributed by atoms with Gasteiger partial charge in [0.2, 0.25) is 5.91 Å². The monoisotopic (exact) mass is 286 g/mol. The third kappa shape index (κ3) is 2.67. The molecule has 0 saturated carbocycles. The van der Waals surface area contributed by atoms with E-state index < -0.39 is 5.41 Å². The second-order valence-electron chi connectivity index (χ2n) is 3.54. The first-order valence-electron chi connectivity index (χ1n) is 4.55. The zero-order valence-electron chi connectivity index (χ0n) is 8.65. The Bertz CT molecular complexity index is 257. The summed E-state index contributed by atoms with van der Waals surface area (Å²) in [4.78, 5) is 13.2. The molecule has 0 aliphatic carbocycles. The third-order valence-corrected chi connectivity index (χ3v) is 2.68. The molecule has 15 heavy (non-hydrogen) atoms. The molecule has 1 aliphatic rings. The Balaban J connectivity index is 0.00000196. The van der Waals surface area contributed by atoms with Gasteiger partial charge in [-0.3, -0.25) is 4.79 Å². The Morgan fingerprint density at radius 2 is 2.13 bits per heavy atom. The van der Waals surface area contributed by atoms with Crippen LogP contribution in [0.3, 0.4) is 0 Å². The summed E-state index contributed by atoms with van der Waals surface area (Å²) in [5, 5.41) is 18.0. The van der Waals surface area contributed by atoms with Gasteiger partial charge >= 0.3 is 0 Å². The van der Waals surface area contributed by atoms with E-state index in [2.05, 4.69) is 6.92 Å². The topological polar surface area (TPSA) is 60.8 Å². The van der Waals surface area contributed by atoms with Crippen LogP contribution in [0, 0.1) is 18.9 Å². The average molecular weight is 286 g/mol. The van der Waals surface area contributed by atoms with Gasteiger partial charge in [0.25, 0.3) is 0 Å². The van der Waals surface area contributed by atoms with E-state index in [1.807, 2.05) is 0 Å². The molecule has 5 heteroatoms. The number of allylic oxidation sites excluding steroid dienone is 1. The maximum absolute atomic E-state index is 11.8. The van der Waals surface area contributed by atoms with E-state index in [0.29, 0.717) is 12.1 Å². The zero-order valence-corrected chi connectivity index (χ0v) is 11.5. The van der Waals surface area contributed by atoms with Gasteiger partial charge in [-0.2, -0.15) is 5.70 Å². The second kappa shape index (κ2) is 6.09. The van der Waals surface area contributed by atoms with E-state index >= 15 is 0 Å². The summed E-state index contributed by atoms with van der Waals surface area (Å²) in [6.07, 6.45) is 0.540. The van der Waals surface area contributed by atoms with Crippen LogP contribution in [0.5, 0.6) is 0 Å². The summed E-state index contributed by atoms with van der Waals surface area (Å²) >= 11 is 0. The number of hydrogen-bond acceptors (Lipinski definition) is 3. The second-order valence-corrected chi connectivity index (χ2v) is 3.54. The fraction of sp³-hybridized carbons (Fsp3) is 0.600. The predicted octanol–water partition coefficient (Wildman–Crippen LogP) is -0.272. The Morgan fingerprint density at radius 1 is 1.53 bits per heavy atom. The van der Waals surface area contributed by atoms with Crippen molar-refractivity contribution in [1.29, 1.82) is 0 Å². The SMILES string of the molecule is [CH-]=C1CC(CO)(CCO)C(=O)N1C[CH2-].[Y]. The Labute approximate surface area is 115 Å². The molecule has 1 atom stereocenters. The third-order valence-electron chi connectivity index (χ3n) is 2.68. The summed E-state index contributed by atoms with van der Waals surface area (Å²) in [7, 11) is 0. The van der Waals surface area contributed by atoms with Crippen LogP contribution in [-0.4, -0.2) is 40.8 Å². The van der Waals surface area contributed by atoms with Crippen molar-refractivity contribution in [3.05, 3.63) is 19.2 Å². The van der Waals surface area contributed by atoms with Crippen molar-refractivity contribution in [2.45, 2.75) is 12.8 Å². The summed E-state index contributed by atoms with van der Waals surface area (Å²) in [5.74, 6) is -0.235. The van der Waals surface area contributed by atoms with Gasteiger partial charge in [-0.15, -0.1) is 6.54 Å². The van der Waals surface area contributed by atoms with E-state index in [4.69, 9.17) is 11.7 Å². The smallest absolute Gasteiger partial charge is 0.230 e. The summed E-state index contributed by atoms with van der Waals surface area (Å²) in [6, 6.07) is 0. The number of carbonyl (C=O) groups is 1. The number of likely N-dealkylation sites (tertiary alicyclic amines) is 1. The molecular formula is C10H15NO3Y-2. The average Bonchev–Trinajstić information content (AvgIpc) is 2.40. The summed E-state index contributed by atoms with van der Waals surface area (Å²) in [6.45, 7) is 9.08. The number of carbonyl (C=O) groups excluding carboxylic acids is 1. The predicted molar refractivity (Wildman–Crippen MR) is 50.7 cm³/mol. The molecule has 1 aliphatic heterocycles. The van der Waals surface area contributed by atoms with Crippen LogP contribution in [0.15, 0.2) is 5.70 Å². The first kappa shape index (κ1) is 15.2. The number of aliphatic hydroxyl groups excluding tert-OH is 2. The first-order valence-corrected chi connectivity index (χ1v) is 4.55. The van der Waals surface area contributed by atoms with Crippen molar-refractivity contribution < 1.29 is 47.7 Å². The van der Waals surface area contributed by atoms with E-state index in [1.54, 1.807) is 0 Å². The van der Waals surface area contributed by atoms with Gasteiger partial charge in [0.15, 0.2) is 0 Å². The van der Waals surface area contributed by atoms with Gasteiger partial charge in [-0.05, 0) is 12.8 Å². The van der Waals surface area contributed by atoms with E-state index in [9.17, 15) is 9.90 Å². The molecule has 2 N–H and O–H groups in total. The molecule has 83 valence electrons. The molecule has 0 aromatic rings. The van der Waals surface area contributed by atoms with Crippen LogP contribution < -0.4 is 0 Å². The molecule has 0 aromatic carbocycles. The van der Waals surface area contributed by atoms with Gasteiger partial charge < -0.3 is 28.6 Å². The summed E-state index contributed by atoms with van der Waals surface area (Å²) in [5.41, 5.74) is -0.497. The maximum atomic E-state index is 11.8. The van der Waals surface area contributed by atoms with Gasteiger partial charge in [0, 0.05) is 39.3 Å². The minimum Gasteiger partial charge on any atom is -0.493 e. The Morgan fingerprint density at radius 3 is 2.47 bits per heavy atom. The fourth-order valence-corrected chi connectivity index (χ4v) is 1.79.